The summed E-state index contributed by atoms with van der Waals surface area (Å²) in [6, 6.07) is 21.9. The maximum Gasteiger partial charge on any atom is 0.267 e. The number of imidazole rings is 1. The number of amides is 1. The third kappa shape index (κ3) is 4.08. The van der Waals surface area contributed by atoms with E-state index in [1.807, 2.05) is 65.4 Å². The molecule has 0 aliphatic rings. The number of nitrogens with one attached hydrogen (secondary N) is 2. The molecule has 5 nitrogen and oxygen atoms in total. The molecule has 1 amide bonds. The lowest BCUT2D eigenvalue weighted by Gasteiger charge is -2.10. The molecule has 0 fully saturated rings. The predicted molar refractivity (Wildman–Crippen MR) is 107 cm³/mol. The number of para-hydroxylation sites is 2. The van der Waals surface area contributed by atoms with Gasteiger partial charge in [-0.1, -0.05) is 42.5 Å². The molecule has 2 aromatic carbocycles. The second-order valence-corrected chi connectivity index (χ2v) is 6.57. The highest BCUT2D eigenvalue weighted by Gasteiger charge is 2.10. The SMILES string of the molecule is O=C(NCCCc1nc2ccccc2[nH]1)c1cccn1Cc1ccccc1. The maximum absolute atomic E-state index is 12.5. The van der Waals surface area contributed by atoms with Gasteiger partial charge in [0.1, 0.15) is 11.5 Å². The Morgan fingerprint density at radius 1 is 1.00 bits per heavy atom. The summed E-state index contributed by atoms with van der Waals surface area (Å²) in [5.74, 6) is 0.915. The van der Waals surface area contributed by atoms with Crippen LogP contribution in [0.3, 0.4) is 0 Å². The minimum atomic E-state index is -0.0412. The van der Waals surface area contributed by atoms with E-state index in [1.165, 1.54) is 5.56 Å². The largest absolute Gasteiger partial charge is 0.351 e. The third-order valence-electron chi connectivity index (χ3n) is 4.57. The molecule has 2 N–H and O–H groups in total. The van der Waals surface area contributed by atoms with Crippen molar-refractivity contribution in [1.82, 2.24) is 19.9 Å². The van der Waals surface area contributed by atoms with E-state index in [2.05, 4.69) is 27.4 Å². The first-order valence-corrected chi connectivity index (χ1v) is 9.20. The van der Waals surface area contributed by atoms with Crippen molar-refractivity contribution < 1.29 is 4.79 Å². The second-order valence-electron chi connectivity index (χ2n) is 6.57. The molecule has 0 atom stereocenters. The molecular formula is C22H22N4O. The van der Waals surface area contributed by atoms with Crippen LogP contribution in [0.25, 0.3) is 11.0 Å². The highest BCUT2D eigenvalue weighted by atomic mass is 16.1. The van der Waals surface area contributed by atoms with Crippen LogP contribution in [0.5, 0.6) is 0 Å². The van der Waals surface area contributed by atoms with Gasteiger partial charge in [-0.25, -0.2) is 4.98 Å². The first-order chi connectivity index (χ1) is 13.3. The number of rotatable bonds is 7. The van der Waals surface area contributed by atoms with Gasteiger partial charge in [0.2, 0.25) is 0 Å². The number of aromatic amines is 1. The molecule has 4 aromatic rings. The van der Waals surface area contributed by atoms with Crippen molar-refractivity contribution in [3.8, 4) is 0 Å². The lowest BCUT2D eigenvalue weighted by molar-refractivity contribution is 0.0944. The lowest BCUT2D eigenvalue weighted by atomic mass is 10.2. The van der Waals surface area contributed by atoms with Gasteiger partial charge in [-0.05, 0) is 36.2 Å². The zero-order valence-corrected chi connectivity index (χ0v) is 15.1. The van der Waals surface area contributed by atoms with Gasteiger partial charge in [-0.2, -0.15) is 0 Å². The van der Waals surface area contributed by atoms with E-state index in [4.69, 9.17) is 0 Å². The van der Waals surface area contributed by atoms with E-state index >= 15 is 0 Å². The van der Waals surface area contributed by atoms with E-state index in [-0.39, 0.29) is 5.91 Å². The van der Waals surface area contributed by atoms with Gasteiger partial charge >= 0.3 is 0 Å². The first-order valence-electron chi connectivity index (χ1n) is 9.20. The molecule has 0 unspecified atom stereocenters. The Kier molecular flexibility index (Phi) is 5.01. The van der Waals surface area contributed by atoms with Gasteiger partial charge in [0, 0.05) is 25.7 Å². The van der Waals surface area contributed by atoms with E-state index in [1.54, 1.807) is 0 Å². The van der Waals surface area contributed by atoms with E-state index in [0.29, 0.717) is 18.8 Å². The average molecular weight is 358 g/mol. The monoisotopic (exact) mass is 358 g/mol. The van der Waals surface area contributed by atoms with E-state index < -0.39 is 0 Å². The van der Waals surface area contributed by atoms with Crippen LogP contribution in [0.4, 0.5) is 0 Å². The van der Waals surface area contributed by atoms with Gasteiger partial charge < -0.3 is 14.9 Å². The van der Waals surface area contributed by atoms with Crippen LogP contribution in [0.2, 0.25) is 0 Å². The van der Waals surface area contributed by atoms with Crippen molar-refractivity contribution in [2.45, 2.75) is 19.4 Å². The summed E-state index contributed by atoms with van der Waals surface area (Å²) in [4.78, 5) is 20.4. The Balaban J connectivity index is 1.30. The normalized spacial score (nSPS) is 11.0. The number of carbonyl (C=O) groups is 1. The number of aryl methyl sites for hydroxylation is 1. The number of nitrogens with zero attached hydrogens (tertiary/aromatic N) is 2. The van der Waals surface area contributed by atoms with Crippen LogP contribution in [0.15, 0.2) is 72.9 Å². The number of carbonyl (C=O) groups excluding carboxylic acids is 1. The smallest absolute Gasteiger partial charge is 0.267 e. The number of benzene rings is 2. The minimum Gasteiger partial charge on any atom is -0.351 e. The molecule has 0 bridgehead atoms. The molecular weight excluding hydrogens is 336 g/mol. The van der Waals surface area contributed by atoms with E-state index in [0.717, 1.165) is 29.7 Å². The van der Waals surface area contributed by atoms with Crippen LogP contribution in [-0.2, 0) is 13.0 Å². The molecule has 0 saturated carbocycles. The number of H-pyrrole nitrogens is 1. The molecule has 0 aliphatic heterocycles. The Morgan fingerprint density at radius 3 is 2.67 bits per heavy atom. The summed E-state index contributed by atoms with van der Waals surface area (Å²) in [7, 11) is 0. The average Bonchev–Trinajstić information content (AvgIpc) is 3.32. The highest BCUT2D eigenvalue weighted by molar-refractivity contribution is 5.92. The summed E-state index contributed by atoms with van der Waals surface area (Å²) in [5.41, 5.74) is 3.89. The molecule has 0 saturated heterocycles. The number of aromatic nitrogens is 3. The van der Waals surface area contributed by atoms with Crippen LogP contribution in [0, 0.1) is 0 Å². The minimum absolute atomic E-state index is 0.0412. The molecule has 27 heavy (non-hydrogen) atoms. The molecule has 136 valence electrons. The van der Waals surface area contributed by atoms with Gasteiger partial charge in [0.15, 0.2) is 0 Å². The Morgan fingerprint density at radius 2 is 1.81 bits per heavy atom. The zero-order valence-electron chi connectivity index (χ0n) is 15.1. The Bertz CT molecular complexity index is 1000. The Labute approximate surface area is 158 Å². The highest BCUT2D eigenvalue weighted by Crippen LogP contribution is 2.11. The standard InChI is InChI=1S/C22H22N4O/c27-22(20-12-7-15-26(20)16-17-8-2-1-3-9-17)23-14-6-13-21-24-18-10-4-5-11-19(18)25-21/h1-5,7-12,15H,6,13-14,16H2,(H,23,27)(H,24,25). The fourth-order valence-corrected chi connectivity index (χ4v) is 3.21. The molecule has 0 radical (unpaired) electrons. The quantitative estimate of drug-likeness (QED) is 0.494. The molecule has 2 aromatic heterocycles. The lowest BCUT2D eigenvalue weighted by Crippen LogP contribution is -2.27. The summed E-state index contributed by atoms with van der Waals surface area (Å²) >= 11 is 0. The van der Waals surface area contributed by atoms with Gasteiger partial charge in [-0.3, -0.25) is 4.79 Å². The molecule has 5 heteroatoms. The third-order valence-corrected chi connectivity index (χ3v) is 4.57. The summed E-state index contributed by atoms with van der Waals surface area (Å²) in [5, 5.41) is 3.01. The van der Waals surface area contributed by atoms with Crippen LogP contribution in [0.1, 0.15) is 28.3 Å². The summed E-state index contributed by atoms with van der Waals surface area (Å²) < 4.78 is 1.98. The van der Waals surface area contributed by atoms with Gasteiger partial charge in [-0.15, -0.1) is 0 Å². The van der Waals surface area contributed by atoms with Crippen LogP contribution >= 0.6 is 0 Å². The van der Waals surface area contributed by atoms with Crippen molar-refractivity contribution in [2.75, 3.05) is 6.54 Å². The van der Waals surface area contributed by atoms with Crippen LogP contribution < -0.4 is 5.32 Å². The fourth-order valence-electron chi connectivity index (χ4n) is 3.21. The topological polar surface area (TPSA) is 62.7 Å². The second kappa shape index (κ2) is 7.91. The summed E-state index contributed by atoms with van der Waals surface area (Å²) in [6.45, 7) is 1.31. The molecule has 2 heterocycles. The van der Waals surface area contributed by atoms with Gasteiger partial charge in [0.05, 0.1) is 11.0 Å². The zero-order chi connectivity index (χ0) is 18.5. The molecule has 4 rings (SSSR count). The van der Waals surface area contributed by atoms with Gasteiger partial charge in [0.25, 0.3) is 5.91 Å². The van der Waals surface area contributed by atoms with Crippen molar-refractivity contribution in [3.63, 3.8) is 0 Å². The van der Waals surface area contributed by atoms with Crippen molar-refractivity contribution in [1.29, 1.82) is 0 Å². The van der Waals surface area contributed by atoms with Crippen LogP contribution in [-0.4, -0.2) is 27.0 Å². The molecule has 0 aliphatic carbocycles. The first kappa shape index (κ1) is 17.1. The van der Waals surface area contributed by atoms with E-state index in [9.17, 15) is 4.79 Å². The van der Waals surface area contributed by atoms with Crippen molar-refractivity contribution >= 4 is 16.9 Å². The summed E-state index contributed by atoms with van der Waals surface area (Å²) in [6.07, 6.45) is 3.58. The number of hydrogen-bond donors (Lipinski definition) is 2. The fraction of sp³-hybridized carbons (Fsp3) is 0.182. The predicted octanol–water partition coefficient (Wildman–Crippen LogP) is 3.78. The number of fused-ring (bicyclic) bond motifs is 1. The molecule has 0 spiro atoms. The van der Waals surface area contributed by atoms with Crippen molar-refractivity contribution in [2.24, 2.45) is 0 Å². The number of hydrogen-bond acceptors (Lipinski definition) is 2. The van der Waals surface area contributed by atoms with Crippen molar-refractivity contribution in [3.05, 3.63) is 90.0 Å². The Hall–Kier alpha value is -3.34. The maximum atomic E-state index is 12.5.